The van der Waals surface area contributed by atoms with Crippen molar-refractivity contribution in [3.8, 4) is 0 Å². The zero-order valence-electron chi connectivity index (χ0n) is 10.8. The summed E-state index contributed by atoms with van der Waals surface area (Å²) in [6, 6.07) is 0.448. The van der Waals surface area contributed by atoms with Crippen molar-refractivity contribution in [3.05, 3.63) is 12.2 Å². The van der Waals surface area contributed by atoms with Crippen molar-refractivity contribution in [3.63, 3.8) is 0 Å². The van der Waals surface area contributed by atoms with E-state index in [9.17, 15) is 4.79 Å². The second kappa shape index (κ2) is 6.20. The van der Waals surface area contributed by atoms with Gasteiger partial charge < -0.3 is 10.2 Å². The summed E-state index contributed by atoms with van der Waals surface area (Å²) in [5.74, 6) is 0.600. The number of allylic oxidation sites excluding steroid dienone is 2. The lowest BCUT2D eigenvalue weighted by Crippen LogP contribution is -2.41. The van der Waals surface area contributed by atoms with E-state index in [-0.39, 0.29) is 5.92 Å². The molecule has 0 saturated carbocycles. The third kappa shape index (κ3) is 3.32. The van der Waals surface area contributed by atoms with Gasteiger partial charge in [-0.25, -0.2) is 0 Å². The third-order valence-corrected chi connectivity index (χ3v) is 4.06. The number of rotatable bonds is 2. The van der Waals surface area contributed by atoms with Gasteiger partial charge in [0.15, 0.2) is 0 Å². The average molecular weight is 236 g/mol. The number of amides is 1. The van der Waals surface area contributed by atoms with Crippen molar-refractivity contribution in [2.45, 2.75) is 44.6 Å². The molecular weight excluding hydrogens is 212 g/mol. The Morgan fingerprint density at radius 1 is 1.24 bits per heavy atom. The first kappa shape index (κ1) is 12.6. The maximum absolute atomic E-state index is 12.4. The number of hydrogen-bond donors (Lipinski definition) is 1. The van der Waals surface area contributed by atoms with Crippen LogP contribution in [0.5, 0.6) is 0 Å². The van der Waals surface area contributed by atoms with E-state index >= 15 is 0 Å². The van der Waals surface area contributed by atoms with Gasteiger partial charge in [-0.3, -0.25) is 4.79 Å². The molecule has 3 nitrogen and oxygen atoms in total. The Kier molecular flexibility index (Phi) is 4.60. The van der Waals surface area contributed by atoms with Crippen LogP contribution < -0.4 is 5.32 Å². The number of carbonyl (C=O) groups is 1. The fourth-order valence-electron chi connectivity index (χ4n) is 2.87. The van der Waals surface area contributed by atoms with Crippen molar-refractivity contribution >= 4 is 5.91 Å². The first-order valence-electron chi connectivity index (χ1n) is 6.91. The van der Waals surface area contributed by atoms with Crippen LogP contribution in [0, 0.1) is 5.92 Å². The summed E-state index contributed by atoms with van der Waals surface area (Å²) < 4.78 is 0. The topological polar surface area (TPSA) is 32.3 Å². The highest BCUT2D eigenvalue weighted by atomic mass is 16.2. The normalized spacial score (nSPS) is 29.7. The molecular formula is C14H24N2O. The van der Waals surface area contributed by atoms with Crippen LogP contribution in [0.3, 0.4) is 0 Å². The van der Waals surface area contributed by atoms with Crippen molar-refractivity contribution in [2.75, 3.05) is 20.1 Å². The van der Waals surface area contributed by atoms with E-state index in [1.165, 1.54) is 6.42 Å². The molecule has 0 aromatic heterocycles. The molecule has 0 spiro atoms. The van der Waals surface area contributed by atoms with Gasteiger partial charge in [0.25, 0.3) is 0 Å². The van der Waals surface area contributed by atoms with Gasteiger partial charge in [-0.15, -0.1) is 0 Å². The quantitative estimate of drug-likeness (QED) is 0.743. The molecule has 2 atom stereocenters. The van der Waals surface area contributed by atoms with Gasteiger partial charge in [0.1, 0.15) is 0 Å². The molecule has 0 aromatic rings. The molecule has 1 aliphatic carbocycles. The van der Waals surface area contributed by atoms with Crippen LogP contribution >= 0.6 is 0 Å². The molecule has 1 heterocycles. The van der Waals surface area contributed by atoms with E-state index < -0.39 is 0 Å². The number of hydrogen-bond acceptors (Lipinski definition) is 2. The molecule has 2 aliphatic rings. The summed E-state index contributed by atoms with van der Waals surface area (Å²) in [5.41, 5.74) is 0. The maximum atomic E-state index is 12.4. The molecule has 0 bridgehead atoms. The number of nitrogens with zero attached hydrogens (tertiary/aromatic N) is 1. The number of carbonyl (C=O) groups excluding carboxylic acids is 1. The summed E-state index contributed by atoms with van der Waals surface area (Å²) >= 11 is 0. The fourth-order valence-corrected chi connectivity index (χ4v) is 2.87. The second-order valence-electron chi connectivity index (χ2n) is 5.27. The molecule has 1 amide bonds. The van der Waals surface area contributed by atoms with Crippen LogP contribution in [0.15, 0.2) is 12.2 Å². The first-order chi connectivity index (χ1) is 8.29. The van der Waals surface area contributed by atoms with Crippen LogP contribution in [0.4, 0.5) is 0 Å². The lowest BCUT2D eigenvalue weighted by Gasteiger charge is -2.31. The van der Waals surface area contributed by atoms with E-state index in [1.54, 1.807) is 0 Å². The van der Waals surface area contributed by atoms with E-state index in [0.29, 0.717) is 11.9 Å². The van der Waals surface area contributed by atoms with Crippen LogP contribution in [-0.4, -0.2) is 37.0 Å². The molecule has 0 aromatic carbocycles. The van der Waals surface area contributed by atoms with E-state index in [0.717, 1.165) is 45.2 Å². The van der Waals surface area contributed by atoms with Crippen LogP contribution in [0.1, 0.15) is 38.5 Å². The predicted molar refractivity (Wildman–Crippen MR) is 69.8 cm³/mol. The van der Waals surface area contributed by atoms with Crippen molar-refractivity contribution in [2.24, 2.45) is 5.92 Å². The van der Waals surface area contributed by atoms with Crippen molar-refractivity contribution < 1.29 is 4.79 Å². The highest BCUT2D eigenvalue weighted by molar-refractivity contribution is 5.79. The molecule has 96 valence electrons. The van der Waals surface area contributed by atoms with Gasteiger partial charge in [0.2, 0.25) is 5.91 Å². The lowest BCUT2D eigenvalue weighted by atomic mass is 9.92. The van der Waals surface area contributed by atoms with Crippen molar-refractivity contribution in [1.29, 1.82) is 0 Å². The van der Waals surface area contributed by atoms with E-state index in [1.807, 2.05) is 11.9 Å². The summed E-state index contributed by atoms with van der Waals surface area (Å²) in [4.78, 5) is 14.4. The molecule has 3 heteroatoms. The Bertz CT molecular complexity index is 280. The zero-order valence-corrected chi connectivity index (χ0v) is 10.8. The van der Waals surface area contributed by atoms with Crippen LogP contribution in [0.2, 0.25) is 0 Å². The predicted octanol–water partition coefficient (Wildman–Crippen LogP) is 1.94. The zero-order chi connectivity index (χ0) is 12.1. The van der Waals surface area contributed by atoms with Gasteiger partial charge in [0, 0.05) is 19.0 Å². The van der Waals surface area contributed by atoms with Gasteiger partial charge in [-0.05, 0) is 51.6 Å². The van der Waals surface area contributed by atoms with E-state index in [2.05, 4.69) is 17.5 Å². The Morgan fingerprint density at radius 3 is 2.88 bits per heavy atom. The van der Waals surface area contributed by atoms with Crippen molar-refractivity contribution in [1.82, 2.24) is 10.2 Å². The number of nitrogens with one attached hydrogen (secondary N) is 1. The Labute approximate surface area is 104 Å². The Hall–Kier alpha value is -0.830. The average Bonchev–Trinajstić information content (AvgIpc) is 2.67. The molecule has 0 radical (unpaired) electrons. The lowest BCUT2D eigenvalue weighted by molar-refractivity contribution is -0.136. The van der Waals surface area contributed by atoms with Crippen LogP contribution in [0.25, 0.3) is 0 Å². The fraction of sp³-hybridized carbons (Fsp3) is 0.786. The monoisotopic (exact) mass is 236 g/mol. The molecule has 17 heavy (non-hydrogen) atoms. The minimum Gasteiger partial charge on any atom is -0.342 e. The molecule has 1 aliphatic heterocycles. The second-order valence-corrected chi connectivity index (χ2v) is 5.27. The Balaban J connectivity index is 1.90. The molecule has 1 N–H and O–H groups in total. The SMILES string of the molecule is CN(C(=O)C1CC=CCC1)C1CCCNCC1. The third-order valence-electron chi connectivity index (χ3n) is 4.06. The highest BCUT2D eigenvalue weighted by Gasteiger charge is 2.27. The largest absolute Gasteiger partial charge is 0.342 e. The molecule has 1 fully saturated rings. The van der Waals surface area contributed by atoms with E-state index in [4.69, 9.17) is 0 Å². The van der Waals surface area contributed by atoms with Gasteiger partial charge in [-0.2, -0.15) is 0 Å². The van der Waals surface area contributed by atoms with Crippen LogP contribution in [-0.2, 0) is 4.79 Å². The van der Waals surface area contributed by atoms with Gasteiger partial charge in [0.05, 0.1) is 0 Å². The smallest absolute Gasteiger partial charge is 0.225 e. The minimum atomic E-state index is 0.237. The van der Waals surface area contributed by atoms with Gasteiger partial charge >= 0.3 is 0 Å². The summed E-state index contributed by atoms with van der Waals surface area (Å²) in [5, 5.41) is 3.40. The molecule has 1 saturated heterocycles. The summed E-state index contributed by atoms with van der Waals surface area (Å²) in [7, 11) is 2.00. The maximum Gasteiger partial charge on any atom is 0.225 e. The summed E-state index contributed by atoms with van der Waals surface area (Å²) in [6.45, 7) is 2.15. The summed E-state index contributed by atoms with van der Waals surface area (Å²) in [6.07, 6.45) is 10.8. The minimum absolute atomic E-state index is 0.237. The molecule has 2 unspecified atom stereocenters. The van der Waals surface area contributed by atoms with Gasteiger partial charge in [-0.1, -0.05) is 12.2 Å². The standard InChI is InChI=1S/C14H24N2O/c1-16(13-8-5-10-15-11-9-13)14(17)12-6-3-2-4-7-12/h2-3,12-13,15H,4-11H2,1H3. The highest BCUT2D eigenvalue weighted by Crippen LogP contribution is 2.22. The first-order valence-corrected chi connectivity index (χ1v) is 6.91. The molecule has 2 rings (SSSR count). The Morgan fingerprint density at radius 2 is 2.12 bits per heavy atom.